The zero-order chi connectivity index (χ0) is 9.54. The van der Waals surface area contributed by atoms with E-state index in [9.17, 15) is 0 Å². The molecule has 3 rings (SSSR count). The van der Waals surface area contributed by atoms with Gasteiger partial charge in [0.15, 0.2) is 0 Å². The molecule has 70 valence electrons. The first-order valence-electron chi connectivity index (χ1n) is 5.00. The van der Waals surface area contributed by atoms with E-state index in [1.54, 1.807) is 0 Å². The van der Waals surface area contributed by atoms with Gasteiger partial charge in [0.25, 0.3) is 0 Å². The Morgan fingerprint density at radius 1 is 1.14 bits per heavy atom. The van der Waals surface area contributed by atoms with Crippen LogP contribution in [0.2, 0.25) is 0 Å². The zero-order valence-corrected chi connectivity index (χ0v) is 8.21. The van der Waals surface area contributed by atoms with E-state index in [2.05, 4.69) is 37.3 Å². The van der Waals surface area contributed by atoms with Gasteiger partial charge in [0, 0.05) is 11.8 Å². The van der Waals surface area contributed by atoms with Crippen LogP contribution in [-0.4, -0.2) is 6.61 Å². The summed E-state index contributed by atoms with van der Waals surface area (Å²) >= 11 is 0. The maximum absolute atomic E-state index is 5.65. The van der Waals surface area contributed by atoms with Crippen LogP contribution in [-0.2, 0) is 6.42 Å². The Morgan fingerprint density at radius 2 is 2.07 bits per heavy atom. The standard InChI is InChI=1S/C13H12O/c1-9-5-6-12-13-10(7-8-14-12)3-2-4-11(9)13/h2-6H,7-8H2,1H3. The molecule has 0 aromatic heterocycles. The van der Waals surface area contributed by atoms with Gasteiger partial charge in [-0.1, -0.05) is 24.3 Å². The number of hydrogen-bond acceptors (Lipinski definition) is 1. The molecule has 0 atom stereocenters. The van der Waals surface area contributed by atoms with Gasteiger partial charge in [-0.2, -0.15) is 0 Å². The maximum atomic E-state index is 5.65. The summed E-state index contributed by atoms with van der Waals surface area (Å²) in [7, 11) is 0. The highest BCUT2D eigenvalue weighted by Gasteiger charge is 2.13. The van der Waals surface area contributed by atoms with Crippen LogP contribution in [0.25, 0.3) is 10.8 Å². The van der Waals surface area contributed by atoms with Gasteiger partial charge in [0.05, 0.1) is 6.61 Å². The van der Waals surface area contributed by atoms with Crippen LogP contribution in [0, 0.1) is 6.92 Å². The molecule has 1 nitrogen and oxygen atoms in total. The molecule has 0 unspecified atom stereocenters. The van der Waals surface area contributed by atoms with E-state index >= 15 is 0 Å². The van der Waals surface area contributed by atoms with Gasteiger partial charge in [0.1, 0.15) is 5.75 Å². The van der Waals surface area contributed by atoms with Crippen molar-refractivity contribution in [2.75, 3.05) is 6.61 Å². The van der Waals surface area contributed by atoms with Crippen LogP contribution in [0.3, 0.4) is 0 Å². The van der Waals surface area contributed by atoms with E-state index in [0.29, 0.717) is 0 Å². The van der Waals surface area contributed by atoms with Crippen LogP contribution in [0.1, 0.15) is 11.1 Å². The van der Waals surface area contributed by atoms with Crippen molar-refractivity contribution >= 4 is 10.8 Å². The molecule has 0 spiro atoms. The molecule has 0 N–H and O–H groups in total. The second-order valence-corrected chi connectivity index (χ2v) is 3.82. The molecule has 0 bridgehead atoms. The maximum Gasteiger partial charge on any atom is 0.127 e. The number of ether oxygens (including phenoxy) is 1. The van der Waals surface area contributed by atoms with Crippen LogP contribution in [0.5, 0.6) is 5.75 Å². The fourth-order valence-electron chi connectivity index (χ4n) is 2.19. The van der Waals surface area contributed by atoms with Gasteiger partial charge >= 0.3 is 0 Å². The lowest BCUT2D eigenvalue weighted by Gasteiger charge is -2.19. The van der Waals surface area contributed by atoms with Crippen LogP contribution in [0.15, 0.2) is 30.3 Å². The molecule has 0 amide bonds. The largest absolute Gasteiger partial charge is 0.493 e. The molecule has 0 fully saturated rings. The molecule has 1 heterocycles. The monoisotopic (exact) mass is 184 g/mol. The lowest BCUT2D eigenvalue weighted by atomic mass is 9.97. The molecule has 1 aliphatic heterocycles. The SMILES string of the molecule is Cc1ccc2c3c(cccc13)CCO2. The van der Waals surface area contributed by atoms with E-state index in [1.807, 2.05) is 0 Å². The second kappa shape index (κ2) is 2.74. The van der Waals surface area contributed by atoms with Gasteiger partial charge in [-0.25, -0.2) is 0 Å². The first-order valence-corrected chi connectivity index (χ1v) is 5.00. The summed E-state index contributed by atoms with van der Waals surface area (Å²) in [6.07, 6.45) is 1.04. The van der Waals surface area contributed by atoms with Crippen molar-refractivity contribution in [3.05, 3.63) is 41.5 Å². The van der Waals surface area contributed by atoms with E-state index in [1.165, 1.54) is 21.9 Å². The highest BCUT2D eigenvalue weighted by molar-refractivity contribution is 5.94. The third-order valence-electron chi connectivity index (χ3n) is 2.94. The lowest BCUT2D eigenvalue weighted by Crippen LogP contribution is -2.08. The second-order valence-electron chi connectivity index (χ2n) is 3.82. The zero-order valence-electron chi connectivity index (χ0n) is 8.21. The van der Waals surface area contributed by atoms with Crippen molar-refractivity contribution in [3.8, 4) is 5.75 Å². The molecule has 0 saturated heterocycles. The van der Waals surface area contributed by atoms with E-state index in [-0.39, 0.29) is 0 Å². The Bertz CT molecular complexity index is 490. The average molecular weight is 184 g/mol. The number of rotatable bonds is 0. The van der Waals surface area contributed by atoms with Gasteiger partial charge < -0.3 is 4.74 Å². The van der Waals surface area contributed by atoms with Crippen molar-refractivity contribution in [2.24, 2.45) is 0 Å². The summed E-state index contributed by atoms with van der Waals surface area (Å²) in [5, 5.41) is 2.65. The molecule has 1 aliphatic rings. The van der Waals surface area contributed by atoms with Crippen LogP contribution >= 0.6 is 0 Å². The lowest BCUT2D eigenvalue weighted by molar-refractivity contribution is 0.318. The third kappa shape index (κ3) is 0.955. The molecule has 0 aliphatic carbocycles. The van der Waals surface area contributed by atoms with Gasteiger partial charge in [-0.15, -0.1) is 0 Å². The Morgan fingerprint density at radius 3 is 3.00 bits per heavy atom. The minimum absolute atomic E-state index is 0.815. The summed E-state index contributed by atoms with van der Waals surface area (Å²) in [5.74, 6) is 1.05. The van der Waals surface area contributed by atoms with Crippen molar-refractivity contribution < 1.29 is 4.74 Å². The fourth-order valence-corrected chi connectivity index (χ4v) is 2.19. The molecule has 2 aromatic rings. The summed E-state index contributed by atoms with van der Waals surface area (Å²) < 4.78 is 5.65. The van der Waals surface area contributed by atoms with E-state index in [0.717, 1.165) is 18.8 Å². The average Bonchev–Trinajstić information content (AvgIpc) is 2.24. The topological polar surface area (TPSA) is 9.23 Å². The number of benzene rings is 2. The molecule has 0 saturated carbocycles. The minimum Gasteiger partial charge on any atom is -0.493 e. The summed E-state index contributed by atoms with van der Waals surface area (Å²) in [5.41, 5.74) is 2.75. The highest BCUT2D eigenvalue weighted by Crippen LogP contribution is 2.34. The van der Waals surface area contributed by atoms with Crippen molar-refractivity contribution in [1.29, 1.82) is 0 Å². The molecule has 0 radical (unpaired) electrons. The predicted octanol–water partition coefficient (Wildman–Crippen LogP) is 3.08. The summed E-state index contributed by atoms with van der Waals surface area (Å²) in [4.78, 5) is 0. The fraction of sp³-hybridized carbons (Fsp3) is 0.231. The normalized spacial score (nSPS) is 14.1. The quantitative estimate of drug-likeness (QED) is 0.611. The Kier molecular flexibility index (Phi) is 1.54. The van der Waals surface area contributed by atoms with Gasteiger partial charge in [-0.05, 0) is 29.5 Å². The molecule has 1 heteroatoms. The van der Waals surface area contributed by atoms with Gasteiger partial charge in [0.2, 0.25) is 0 Å². The Hall–Kier alpha value is -1.50. The predicted molar refractivity (Wildman–Crippen MR) is 57.9 cm³/mol. The Balaban J connectivity index is 2.51. The van der Waals surface area contributed by atoms with Crippen LogP contribution in [0.4, 0.5) is 0 Å². The van der Waals surface area contributed by atoms with Crippen LogP contribution < -0.4 is 4.74 Å². The molecular formula is C13H12O. The first-order chi connectivity index (χ1) is 6.86. The first kappa shape index (κ1) is 7.86. The van der Waals surface area contributed by atoms with Crippen molar-refractivity contribution in [2.45, 2.75) is 13.3 Å². The molecule has 14 heavy (non-hydrogen) atoms. The van der Waals surface area contributed by atoms with E-state index < -0.39 is 0 Å². The summed E-state index contributed by atoms with van der Waals surface area (Å²) in [6.45, 7) is 2.96. The van der Waals surface area contributed by atoms with E-state index in [4.69, 9.17) is 4.74 Å². The molecule has 2 aromatic carbocycles. The minimum atomic E-state index is 0.815. The smallest absolute Gasteiger partial charge is 0.127 e. The highest BCUT2D eigenvalue weighted by atomic mass is 16.5. The van der Waals surface area contributed by atoms with Crippen molar-refractivity contribution in [1.82, 2.24) is 0 Å². The number of aryl methyl sites for hydroxylation is 1. The molecular weight excluding hydrogens is 172 g/mol. The number of hydrogen-bond donors (Lipinski definition) is 0. The summed E-state index contributed by atoms with van der Waals surface area (Å²) in [6, 6.07) is 10.7. The van der Waals surface area contributed by atoms with Gasteiger partial charge in [-0.3, -0.25) is 0 Å². The Labute approximate surface area is 83.3 Å². The van der Waals surface area contributed by atoms with Crippen molar-refractivity contribution in [3.63, 3.8) is 0 Å². The third-order valence-corrected chi connectivity index (χ3v) is 2.94.